The average Bonchev–Trinajstić information content (AvgIpc) is 2.81. The number of anilines is 2. The van der Waals surface area contributed by atoms with Gasteiger partial charge in [0.1, 0.15) is 0 Å². The second-order valence-electron chi connectivity index (χ2n) is 8.19. The summed E-state index contributed by atoms with van der Waals surface area (Å²) < 4.78 is 0. The first kappa shape index (κ1) is 24.1. The third-order valence-electron chi connectivity index (χ3n) is 5.45. The van der Waals surface area contributed by atoms with Crippen molar-refractivity contribution >= 4 is 46.5 Å². The van der Waals surface area contributed by atoms with Crippen molar-refractivity contribution in [2.24, 2.45) is 4.99 Å². The van der Waals surface area contributed by atoms with E-state index in [4.69, 9.17) is 28.8 Å². The number of nitrogens with one attached hydrogen (secondary N) is 2. The maximum Gasteiger partial charge on any atom is 0.229 e. The van der Waals surface area contributed by atoms with Crippen LogP contribution in [0.2, 0.25) is 5.02 Å². The van der Waals surface area contributed by atoms with Crippen LogP contribution in [0.5, 0.6) is 0 Å². The van der Waals surface area contributed by atoms with Gasteiger partial charge in [-0.1, -0.05) is 54.1 Å². The van der Waals surface area contributed by atoms with Crippen molar-refractivity contribution in [3.05, 3.63) is 82.6 Å². The van der Waals surface area contributed by atoms with Crippen LogP contribution in [0.1, 0.15) is 17.0 Å². The molecule has 0 bridgehead atoms. The molecule has 1 aliphatic heterocycles. The summed E-state index contributed by atoms with van der Waals surface area (Å²) in [6, 6.07) is 19.9. The Morgan fingerprint density at radius 1 is 0.941 bits per heavy atom. The first-order valence-electron chi connectivity index (χ1n) is 11.2. The lowest BCUT2D eigenvalue weighted by atomic mass is 10.2. The summed E-state index contributed by atoms with van der Waals surface area (Å²) in [5.41, 5.74) is 3.81. The van der Waals surface area contributed by atoms with Crippen molar-refractivity contribution in [1.82, 2.24) is 19.8 Å². The normalized spacial score (nSPS) is 14.7. The number of rotatable bonds is 4. The zero-order valence-corrected chi connectivity index (χ0v) is 20.9. The van der Waals surface area contributed by atoms with E-state index in [1.807, 2.05) is 50.2 Å². The molecule has 0 saturated carbocycles. The van der Waals surface area contributed by atoms with E-state index in [1.54, 1.807) is 0 Å². The first-order chi connectivity index (χ1) is 16.5. The fourth-order valence-corrected chi connectivity index (χ4v) is 4.20. The van der Waals surface area contributed by atoms with E-state index in [0.717, 1.165) is 44.1 Å². The van der Waals surface area contributed by atoms with E-state index in [-0.39, 0.29) is 0 Å². The lowest BCUT2D eigenvalue weighted by Gasteiger charge is -2.36. The highest BCUT2D eigenvalue weighted by molar-refractivity contribution is 7.80. The third kappa shape index (κ3) is 6.72. The predicted molar refractivity (Wildman–Crippen MR) is 144 cm³/mol. The van der Waals surface area contributed by atoms with E-state index in [2.05, 4.69) is 54.7 Å². The third-order valence-corrected chi connectivity index (χ3v) is 5.97. The lowest BCUT2D eigenvalue weighted by molar-refractivity contribution is 0.175. The van der Waals surface area contributed by atoms with Crippen LogP contribution in [0, 0.1) is 13.8 Å². The van der Waals surface area contributed by atoms with Crippen molar-refractivity contribution in [2.45, 2.75) is 20.4 Å². The summed E-state index contributed by atoms with van der Waals surface area (Å²) >= 11 is 11.8. The highest BCUT2D eigenvalue weighted by atomic mass is 35.5. The fourth-order valence-electron chi connectivity index (χ4n) is 3.82. The Balaban J connectivity index is 1.49. The number of para-hydroxylation sites is 1. The summed E-state index contributed by atoms with van der Waals surface area (Å²) in [6.07, 6.45) is 0. The first-order valence-corrected chi connectivity index (χ1v) is 12.0. The number of piperazine rings is 1. The molecule has 1 aromatic heterocycles. The van der Waals surface area contributed by atoms with Crippen molar-refractivity contribution in [3.8, 4) is 0 Å². The lowest BCUT2D eigenvalue weighted by Crippen LogP contribution is -2.50. The van der Waals surface area contributed by atoms with Crippen LogP contribution in [0.25, 0.3) is 0 Å². The van der Waals surface area contributed by atoms with Crippen LogP contribution in [-0.2, 0) is 6.54 Å². The van der Waals surface area contributed by atoms with Gasteiger partial charge in [-0.25, -0.2) is 9.97 Å². The van der Waals surface area contributed by atoms with Crippen molar-refractivity contribution in [1.29, 1.82) is 0 Å². The molecule has 34 heavy (non-hydrogen) atoms. The number of hydrogen-bond acceptors (Lipinski definition) is 4. The van der Waals surface area contributed by atoms with Gasteiger partial charge < -0.3 is 10.2 Å². The van der Waals surface area contributed by atoms with Gasteiger partial charge in [-0.15, -0.1) is 0 Å². The number of guanidine groups is 1. The van der Waals surface area contributed by atoms with Gasteiger partial charge >= 0.3 is 0 Å². The highest BCUT2D eigenvalue weighted by Crippen LogP contribution is 2.20. The van der Waals surface area contributed by atoms with Gasteiger partial charge in [-0.3, -0.25) is 10.2 Å². The number of hydrogen-bond donors (Lipinski definition) is 2. The Morgan fingerprint density at radius 2 is 1.59 bits per heavy atom. The van der Waals surface area contributed by atoms with Gasteiger partial charge in [0.25, 0.3) is 0 Å². The second-order valence-corrected chi connectivity index (χ2v) is 8.99. The summed E-state index contributed by atoms with van der Waals surface area (Å²) in [4.78, 5) is 18.4. The standard InChI is InChI=1S/C25H28ClN7S/c1-18-16-19(2)28-23(27-18)30-24(31-25(34)29-22-11-7-6-10-21(22)26)33-14-12-32(13-15-33)17-20-8-4-3-5-9-20/h3-11,16H,12-15,17H2,1-2H3,(H2,27,28,29,30,31,34). The molecule has 0 spiro atoms. The molecular formula is C25H28ClN7S. The van der Waals surface area contributed by atoms with Gasteiger partial charge in [0.2, 0.25) is 17.0 Å². The molecular weight excluding hydrogens is 466 g/mol. The summed E-state index contributed by atoms with van der Waals surface area (Å²) in [5, 5.41) is 7.32. The molecule has 1 fully saturated rings. The number of aromatic nitrogens is 2. The molecule has 2 aromatic carbocycles. The second kappa shape index (κ2) is 11.4. The molecule has 0 radical (unpaired) electrons. The molecule has 9 heteroatoms. The van der Waals surface area contributed by atoms with E-state index in [0.29, 0.717) is 27.7 Å². The topological polar surface area (TPSA) is 68.7 Å². The van der Waals surface area contributed by atoms with E-state index in [9.17, 15) is 0 Å². The van der Waals surface area contributed by atoms with Gasteiger partial charge in [0.15, 0.2) is 0 Å². The fraction of sp³-hybridized carbons (Fsp3) is 0.280. The van der Waals surface area contributed by atoms with Crippen LogP contribution in [-0.4, -0.2) is 57.0 Å². The zero-order valence-electron chi connectivity index (χ0n) is 19.3. The molecule has 176 valence electrons. The summed E-state index contributed by atoms with van der Waals surface area (Å²) in [5.74, 6) is 1.12. The maximum absolute atomic E-state index is 6.28. The van der Waals surface area contributed by atoms with Crippen molar-refractivity contribution in [2.75, 3.05) is 36.8 Å². The quantitative estimate of drug-likeness (QED) is 0.309. The summed E-state index contributed by atoms with van der Waals surface area (Å²) in [6.45, 7) is 8.25. The Morgan fingerprint density at radius 3 is 2.26 bits per heavy atom. The maximum atomic E-state index is 6.28. The van der Waals surface area contributed by atoms with Crippen LogP contribution in [0.4, 0.5) is 11.6 Å². The molecule has 2 heterocycles. The molecule has 4 rings (SSSR count). The van der Waals surface area contributed by atoms with Crippen molar-refractivity contribution in [3.63, 3.8) is 0 Å². The SMILES string of the molecule is Cc1cc(C)nc(N/C(=N/C(=S)Nc2ccccc2Cl)N2CCN(Cc3ccccc3)CC2)n1. The molecule has 0 atom stereocenters. The Hall–Kier alpha value is -3.07. The van der Waals surface area contributed by atoms with Gasteiger partial charge in [-0.05, 0) is 49.8 Å². The Labute approximate surface area is 210 Å². The van der Waals surface area contributed by atoms with Crippen molar-refractivity contribution < 1.29 is 0 Å². The zero-order chi connectivity index (χ0) is 23.9. The number of thiocarbonyl (C=S) groups is 1. The van der Waals surface area contributed by atoms with Gasteiger partial charge in [0, 0.05) is 44.1 Å². The largest absolute Gasteiger partial charge is 0.340 e. The molecule has 0 aliphatic carbocycles. The number of halogens is 1. The monoisotopic (exact) mass is 493 g/mol. The highest BCUT2D eigenvalue weighted by Gasteiger charge is 2.21. The molecule has 1 saturated heterocycles. The van der Waals surface area contributed by atoms with Crippen LogP contribution in [0.3, 0.4) is 0 Å². The van der Waals surface area contributed by atoms with Crippen LogP contribution >= 0.6 is 23.8 Å². The van der Waals surface area contributed by atoms with Gasteiger partial charge in [0.05, 0.1) is 10.7 Å². The number of benzene rings is 2. The smallest absolute Gasteiger partial charge is 0.229 e. The molecule has 1 aliphatic rings. The number of aryl methyl sites for hydroxylation is 2. The molecule has 7 nitrogen and oxygen atoms in total. The molecule has 3 aromatic rings. The van der Waals surface area contributed by atoms with E-state index >= 15 is 0 Å². The molecule has 0 amide bonds. The molecule has 0 unspecified atom stereocenters. The number of aliphatic imine (C=N–C) groups is 1. The average molecular weight is 494 g/mol. The summed E-state index contributed by atoms with van der Waals surface area (Å²) in [7, 11) is 0. The minimum Gasteiger partial charge on any atom is -0.340 e. The molecule has 2 N–H and O–H groups in total. The van der Waals surface area contributed by atoms with E-state index in [1.165, 1.54) is 5.56 Å². The Kier molecular flexibility index (Phi) is 8.05. The van der Waals surface area contributed by atoms with Gasteiger partial charge in [-0.2, -0.15) is 4.99 Å². The minimum atomic E-state index is 0.312. The number of nitrogens with zero attached hydrogens (tertiary/aromatic N) is 5. The van der Waals surface area contributed by atoms with Crippen LogP contribution in [0.15, 0.2) is 65.7 Å². The Bertz CT molecular complexity index is 1140. The minimum absolute atomic E-state index is 0.312. The predicted octanol–water partition coefficient (Wildman–Crippen LogP) is 4.73. The van der Waals surface area contributed by atoms with Crippen LogP contribution < -0.4 is 10.6 Å². The van der Waals surface area contributed by atoms with E-state index < -0.39 is 0 Å².